The summed E-state index contributed by atoms with van der Waals surface area (Å²) in [5.74, 6) is -6.02. The molecule has 3 N–H and O–H groups in total. The van der Waals surface area contributed by atoms with Crippen molar-refractivity contribution in [3.05, 3.63) is 0 Å². The van der Waals surface area contributed by atoms with Crippen molar-refractivity contribution in [3.8, 4) is 0 Å². The first kappa shape index (κ1) is 15.1. The number of halogens is 4. The molecule has 0 aliphatic carbocycles. The zero-order valence-corrected chi connectivity index (χ0v) is 9.29. The molecule has 1 atom stereocenters. The molecule has 0 spiro atoms. The largest absolute Gasteiger partial charge is 0.393 e. The SMILES string of the molecule is CCC(C(=O)NCC(F)(F)C(F)F)C(N)=S. The van der Waals surface area contributed by atoms with Gasteiger partial charge >= 0.3 is 12.3 Å². The van der Waals surface area contributed by atoms with E-state index in [9.17, 15) is 22.4 Å². The zero-order valence-electron chi connectivity index (χ0n) is 8.47. The maximum atomic E-state index is 12.4. The average molecular weight is 260 g/mol. The van der Waals surface area contributed by atoms with Crippen molar-refractivity contribution in [1.29, 1.82) is 0 Å². The summed E-state index contributed by atoms with van der Waals surface area (Å²) >= 11 is 4.53. The molecule has 0 aliphatic heterocycles. The van der Waals surface area contributed by atoms with Crippen molar-refractivity contribution >= 4 is 23.1 Å². The van der Waals surface area contributed by atoms with Gasteiger partial charge in [0.2, 0.25) is 5.91 Å². The lowest BCUT2D eigenvalue weighted by atomic mass is 10.1. The summed E-state index contributed by atoms with van der Waals surface area (Å²) < 4.78 is 48.4. The molecule has 16 heavy (non-hydrogen) atoms. The van der Waals surface area contributed by atoms with Crippen LogP contribution >= 0.6 is 12.2 Å². The number of carbonyl (C=O) groups is 1. The third-order valence-corrected chi connectivity index (χ3v) is 2.17. The summed E-state index contributed by atoms with van der Waals surface area (Å²) in [4.78, 5) is 11.1. The Labute approximate surface area is 95.4 Å². The summed E-state index contributed by atoms with van der Waals surface area (Å²) in [6.07, 6.45) is -3.60. The molecular formula is C8H12F4N2OS. The van der Waals surface area contributed by atoms with E-state index in [2.05, 4.69) is 12.2 Å². The monoisotopic (exact) mass is 260 g/mol. The fourth-order valence-corrected chi connectivity index (χ4v) is 1.19. The smallest absolute Gasteiger partial charge is 0.324 e. The minimum Gasteiger partial charge on any atom is -0.393 e. The highest BCUT2D eigenvalue weighted by molar-refractivity contribution is 7.80. The molecule has 0 aromatic rings. The van der Waals surface area contributed by atoms with Crippen LogP contribution in [0.4, 0.5) is 17.6 Å². The summed E-state index contributed by atoms with van der Waals surface area (Å²) in [6.45, 7) is 0.150. The minimum atomic E-state index is -4.25. The van der Waals surface area contributed by atoms with Crippen molar-refractivity contribution in [2.75, 3.05) is 6.54 Å². The van der Waals surface area contributed by atoms with Gasteiger partial charge in [-0.15, -0.1) is 0 Å². The van der Waals surface area contributed by atoms with Crippen molar-refractivity contribution in [1.82, 2.24) is 5.32 Å². The lowest BCUT2D eigenvalue weighted by Crippen LogP contribution is -2.45. The van der Waals surface area contributed by atoms with Gasteiger partial charge in [-0.05, 0) is 6.42 Å². The molecule has 0 heterocycles. The van der Waals surface area contributed by atoms with E-state index in [-0.39, 0.29) is 11.4 Å². The number of nitrogens with one attached hydrogen (secondary N) is 1. The van der Waals surface area contributed by atoms with Crippen LogP contribution in [0.5, 0.6) is 0 Å². The van der Waals surface area contributed by atoms with E-state index in [4.69, 9.17) is 5.73 Å². The molecule has 0 radical (unpaired) electrons. The molecule has 0 fully saturated rings. The maximum absolute atomic E-state index is 12.4. The number of amides is 1. The first-order chi connectivity index (χ1) is 7.22. The van der Waals surface area contributed by atoms with E-state index in [0.29, 0.717) is 0 Å². The molecule has 3 nitrogen and oxygen atoms in total. The number of carbonyl (C=O) groups excluding carboxylic acids is 1. The maximum Gasteiger partial charge on any atom is 0.324 e. The molecule has 1 amide bonds. The number of alkyl halides is 4. The normalized spacial score (nSPS) is 13.6. The van der Waals surface area contributed by atoms with Gasteiger partial charge in [-0.25, -0.2) is 8.78 Å². The number of rotatable bonds is 6. The molecule has 1 unspecified atom stereocenters. The zero-order chi connectivity index (χ0) is 12.9. The molecule has 0 saturated carbocycles. The minimum absolute atomic E-state index is 0.152. The molecule has 0 saturated heterocycles. The van der Waals surface area contributed by atoms with Gasteiger partial charge in [-0.2, -0.15) is 8.78 Å². The van der Waals surface area contributed by atoms with Gasteiger partial charge in [0.1, 0.15) is 0 Å². The number of hydrogen-bond acceptors (Lipinski definition) is 2. The van der Waals surface area contributed by atoms with Crippen LogP contribution in [-0.2, 0) is 4.79 Å². The van der Waals surface area contributed by atoms with Crippen molar-refractivity contribution in [3.63, 3.8) is 0 Å². The van der Waals surface area contributed by atoms with Crippen LogP contribution in [0.3, 0.4) is 0 Å². The topological polar surface area (TPSA) is 55.1 Å². The van der Waals surface area contributed by atoms with Gasteiger partial charge in [-0.1, -0.05) is 19.1 Å². The Hall–Kier alpha value is -0.920. The molecule has 8 heteroatoms. The second-order valence-corrected chi connectivity index (χ2v) is 3.61. The lowest BCUT2D eigenvalue weighted by molar-refractivity contribution is -0.137. The van der Waals surface area contributed by atoms with E-state index in [1.165, 1.54) is 0 Å². The Bertz CT molecular complexity index is 273. The predicted molar refractivity (Wildman–Crippen MR) is 54.5 cm³/mol. The average Bonchev–Trinajstić information content (AvgIpc) is 2.15. The Morgan fingerprint density at radius 2 is 2.00 bits per heavy atom. The summed E-state index contributed by atoms with van der Waals surface area (Å²) in [7, 11) is 0. The Balaban J connectivity index is 4.31. The highest BCUT2D eigenvalue weighted by atomic mass is 32.1. The quantitative estimate of drug-likeness (QED) is 0.559. The van der Waals surface area contributed by atoms with Gasteiger partial charge in [0, 0.05) is 0 Å². The van der Waals surface area contributed by atoms with E-state index in [0.717, 1.165) is 0 Å². The van der Waals surface area contributed by atoms with Crippen LogP contribution in [-0.4, -0.2) is 29.8 Å². The molecule has 0 rings (SSSR count). The fourth-order valence-electron chi connectivity index (χ4n) is 0.921. The Morgan fingerprint density at radius 1 is 1.50 bits per heavy atom. The standard InChI is InChI=1S/C8H12F4N2OS/c1-2-4(5(13)16)6(15)14-3-8(11,12)7(9)10/h4,7H,2-3H2,1H3,(H2,13,16)(H,14,15). The van der Waals surface area contributed by atoms with Crippen LogP contribution in [0.25, 0.3) is 0 Å². The second-order valence-electron chi connectivity index (χ2n) is 3.14. The van der Waals surface area contributed by atoms with Crippen LogP contribution < -0.4 is 11.1 Å². The number of nitrogens with two attached hydrogens (primary N) is 1. The van der Waals surface area contributed by atoms with Crippen LogP contribution in [0.2, 0.25) is 0 Å². The van der Waals surface area contributed by atoms with Crippen molar-refractivity contribution in [2.45, 2.75) is 25.7 Å². The molecule has 0 aromatic heterocycles. The van der Waals surface area contributed by atoms with E-state index in [1.54, 1.807) is 12.2 Å². The van der Waals surface area contributed by atoms with Crippen LogP contribution in [0.15, 0.2) is 0 Å². The summed E-state index contributed by atoms with van der Waals surface area (Å²) in [6, 6.07) is 0. The fraction of sp³-hybridized carbons (Fsp3) is 0.750. The summed E-state index contributed by atoms with van der Waals surface area (Å²) in [5, 5.41) is 1.70. The number of thiocarbonyl (C=S) groups is 1. The van der Waals surface area contributed by atoms with E-state index >= 15 is 0 Å². The molecule has 0 bridgehead atoms. The highest BCUT2D eigenvalue weighted by Crippen LogP contribution is 2.21. The van der Waals surface area contributed by atoms with Crippen molar-refractivity contribution in [2.24, 2.45) is 11.7 Å². The summed E-state index contributed by atoms with van der Waals surface area (Å²) in [5.41, 5.74) is 5.18. The third kappa shape index (κ3) is 4.30. The van der Waals surface area contributed by atoms with Gasteiger partial charge in [0.25, 0.3) is 0 Å². The van der Waals surface area contributed by atoms with E-state index in [1.807, 2.05) is 0 Å². The van der Waals surface area contributed by atoms with Gasteiger partial charge < -0.3 is 11.1 Å². The van der Waals surface area contributed by atoms with Crippen molar-refractivity contribution < 1.29 is 22.4 Å². The van der Waals surface area contributed by atoms with Gasteiger partial charge in [-0.3, -0.25) is 4.79 Å². The predicted octanol–water partition coefficient (Wildman–Crippen LogP) is 1.32. The Morgan fingerprint density at radius 3 is 2.31 bits per heavy atom. The number of hydrogen-bond donors (Lipinski definition) is 2. The molecule has 94 valence electrons. The van der Waals surface area contributed by atoms with Gasteiger partial charge in [0.05, 0.1) is 17.5 Å². The van der Waals surface area contributed by atoms with Gasteiger partial charge in [0.15, 0.2) is 0 Å². The molecule has 0 aromatic carbocycles. The van der Waals surface area contributed by atoms with E-state index < -0.39 is 30.7 Å². The third-order valence-electron chi connectivity index (χ3n) is 1.89. The molecular weight excluding hydrogens is 248 g/mol. The first-order valence-corrected chi connectivity index (χ1v) is 4.86. The van der Waals surface area contributed by atoms with Crippen LogP contribution in [0, 0.1) is 5.92 Å². The lowest BCUT2D eigenvalue weighted by Gasteiger charge is -2.18. The molecule has 0 aliphatic rings. The highest BCUT2D eigenvalue weighted by Gasteiger charge is 2.41. The van der Waals surface area contributed by atoms with Crippen LogP contribution in [0.1, 0.15) is 13.3 Å². The first-order valence-electron chi connectivity index (χ1n) is 4.45. The Kier molecular flexibility index (Phi) is 5.63. The second kappa shape index (κ2) is 5.97.